The van der Waals surface area contributed by atoms with E-state index in [-0.39, 0.29) is 17.9 Å². The normalized spacial score (nSPS) is 10.8. The second kappa shape index (κ2) is 9.16. The van der Waals surface area contributed by atoms with Crippen LogP contribution >= 0.6 is 0 Å². The van der Waals surface area contributed by atoms with Crippen LogP contribution in [-0.2, 0) is 6.54 Å². The van der Waals surface area contributed by atoms with Gasteiger partial charge in [0, 0.05) is 17.6 Å². The fraction of sp³-hybridized carbons (Fsp3) is 0.450. The van der Waals surface area contributed by atoms with E-state index in [2.05, 4.69) is 13.5 Å². The smallest absolute Gasteiger partial charge is 0.297 e. The summed E-state index contributed by atoms with van der Waals surface area (Å²) in [4.78, 5) is 12.9. The Morgan fingerprint density at radius 2 is 1.96 bits per heavy atom. The molecule has 0 aliphatic heterocycles. The van der Waals surface area contributed by atoms with Gasteiger partial charge in [0.05, 0.1) is 12.1 Å². The number of ether oxygens (including phenoxy) is 2. The maximum Gasteiger partial charge on any atom is 0.297 e. The number of hydrogen-bond donors (Lipinski definition) is 1. The summed E-state index contributed by atoms with van der Waals surface area (Å²) < 4.78 is 13.3. The first-order chi connectivity index (χ1) is 12.1. The zero-order valence-corrected chi connectivity index (χ0v) is 15.2. The molecule has 5 nitrogen and oxygen atoms in total. The molecular formula is C20H28N2O3. The van der Waals surface area contributed by atoms with E-state index in [0.29, 0.717) is 24.6 Å². The average molecular weight is 344 g/mol. The molecule has 0 spiro atoms. The van der Waals surface area contributed by atoms with Crippen LogP contribution in [0.4, 0.5) is 5.69 Å². The molecule has 0 radical (unpaired) electrons. The number of aromatic nitrogens is 1. The molecule has 2 aromatic rings. The number of benzene rings is 1. The van der Waals surface area contributed by atoms with Gasteiger partial charge in [0.2, 0.25) is 5.75 Å². The first-order valence-corrected chi connectivity index (χ1v) is 8.96. The van der Waals surface area contributed by atoms with Gasteiger partial charge in [-0.2, -0.15) is 0 Å². The first-order valence-electron chi connectivity index (χ1n) is 8.96. The molecule has 5 heteroatoms. The number of unbranched alkanes of at least 4 members (excludes halogenated alkanes) is 3. The van der Waals surface area contributed by atoms with Gasteiger partial charge in [-0.1, -0.05) is 38.8 Å². The van der Waals surface area contributed by atoms with Crippen molar-refractivity contribution in [3.05, 3.63) is 41.2 Å². The number of nitrogens with two attached hydrogens (primary N) is 1. The molecule has 1 heterocycles. The lowest BCUT2D eigenvalue weighted by molar-refractivity contribution is 0.276. The predicted octanol–water partition coefficient (Wildman–Crippen LogP) is 4.13. The maximum absolute atomic E-state index is 12.9. The maximum atomic E-state index is 12.9. The van der Waals surface area contributed by atoms with Crippen molar-refractivity contribution in [1.29, 1.82) is 0 Å². The molecule has 0 amide bonds. The zero-order chi connectivity index (χ0) is 18.2. The third-order valence-electron chi connectivity index (χ3n) is 4.11. The van der Waals surface area contributed by atoms with Crippen molar-refractivity contribution in [3.63, 3.8) is 0 Å². The highest BCUT2D eigenvalue weighted by Crippen LogP contribution is 2.34. The molecule has 0 saturated carbocycles. The minimum Gasteiger partial charge on any atom is -0.489 e. The number of pyridine rings is 1. The van der Waals surface area contributed by atoms with Gasteiger partial charge in [0.1, 0.15) is 6.61 Å². The van der Waals surface area contributed by atoms with E-state index in [0.717, 1.165) is 23.7 Å². The Labute approximate surface area is 149 Å². The Hall–Kier alpha value is -2.43. The van der Waals surface area contributed by atoms with Gasteiger partial charge < -0.3 is 19.8 Å². The Morgan fingerprint density at radius 3 is 2.64 bits per heavy atom. The van der Waals surface area contributed by atoms with Crippen molar-refractivity contribution in [2.45, 2.75) is 46.1 Å². The number of anilines is 1. The van der Waals surface area contributed by atoms with Crippen LogP contribution in [-0.4, -0.2) is 17.8 Å². The summed E-state index contributed by atoms with van der Waals surface area (Å²) >= 11 is 0. The zero-order valence-electron chi connectivity index (χ0n) is 15.2. The minimum absolute atomic E-state index is 0.203. The van der Waals surface area contributed by atoms with E-state index in [1.165, 1.54) is 12.8 Å². The van der Waals surface area contributed by atoms with Crippen molar-refractivity contribution in [3.8, 4) is 11.5 Å². The van der Waals surface area contributed by atoms with Crippen LogP contribution in [0.5, 0.6) is 11.5 Å². The highest BCUT2D eigenvalue weighted by molar-refractivity contribution is 5.90. The SMILES string of the molecule is C=CCOc1c(OCCCCCC)c2ccc(N)cc2n(CC)c1=O. The van der Waals surface area contributed by atoms with Crippen molar-refractivity contribution < 1.29 is 9.47 Å². The molecular weight excluding hydrogens is 316 g/mol. The van der Waals surface area contributed by atoms with Gasteiger partial charge >= 0.3 is 0 Å². The highest BCUT2D eigenvalue weighted by Gasteiger charge is 2.19. The Morgan fingerprint density at radius 1 is 1.16 bits per heavy atom. The lowest BCUT2D eigenvalue weighted by atomic mass is 10.1. The van der Waals surface area contributed by atoms with Crippen molar-refractivity contribution in [2.75, 3.05) is 18.9 Å². The molecule has 0 bridgehead atoms. The van der Waals surface area contributed by atoms with Crippen LogP contribution < -0.4 is 20.8 Å². The number of rotatable bonds is 10. The van der Waals surface area contributed by atoms with Crippen LogP contribution in [0.2, 0.25) is 0 Å². The van der Waals surface area contributed by atoms with E-state index in [4.69, 9.17) is 15.2 Å². The molecule has 0 saturated heterocycles. The van der Waals surface area contributed by atoms with Crippen LogP contribution in [0.3, 0.4) is 0 Å². The lowest BCUT2D eigenvalue weighted by Crippen LogP contribution is -2.23. The molecule has 1 aromatic carbocycles. The van der Waals surface area contributed by atoms with Crippen LogP contribution in [0, 0.1) is 0 Å². The highest BCUT2D eigenvalue weighted by atomic mass is 16.5. The molecule has 0 unspecified atom stereocenters. The van der Waals surface area contributed by atoms with Crippen molar-refractivity contribution in [2.24, 2.45) is 0 Å². The molecule has 2 rings (SSSR count). The number of nitrogens with zero attached hydrogens (tertiary/aromatic N) is 1. The predicted molar refractivity (Wildman–Crippen MR) is 104 cm³/mol. The molecule has 1 aromatic heterocycles. The van der Waals surface area contributed by atoms with Gasteiger partial charge in [0.25, 0.3) is 5.56 Å². The second-order valence-electron chi connectivity index (χ2n) is 5.99. The summed E-state index contributed by atoms with van der Waals surface area (Å²) in [5, 5.41) is 0.838. The van der Waals surface area contributed by atoms with Crippen LogP contribution in [0.15, 0.2) is 35.6 Å². The van der Waals surface area contributed by atoms with E-state index < -0.39 is 0 Å². The number of hydrogen-bond acceptors (Lipinski definition) is 4. The van der Waals surface area contributed by atoms with E-state index in [9.17, 15) is 4.79 Å². The van der Waals surface area contributed by atoms with E-state index in [1.54, 1.807) is 10.6 Å². The lowest BCUT2D eigenvalue weighted by Gasteiger charge is -2.18. The van der Waals surface area contributed by atoms with Gasteiger partial charge in [-0.3, -0.25) is 4.79 Å². The van der Waals surface area contributed by atoms with E-state index in [1.807, 2.05) is 25.1 Å². The fourth-order valence-electron chi connectivity index (χ4n) is 2.85. The number of nitrogen functional groups attached to an aromatic ring is 1. The van der Waals surface area contributed by atoms with Crippen LogP contribution in [0.1, 0.15) is 39.5 Å². The van der Waals surface area contributed by atoms with Crippen molar-refractivity contribution in [1.82, 2.24) is 4.57 Å². The van der Waals surface area contributed by atoms with Crippen molar-refractivity contribution >= 4 is 16.6 Å². The summed E-state index contributed by atoms with van der Waals surface area (Å²) in [6.45, 7) is 9.09. The second-order valence-corrected chi connectivity index (χ2v) is 5.99. The summed E-state index contributed by atoms with van der Waals surface area (Å²) in [6, 6.07) is 5.51. The van der Waals surface area contributed by atoms with Crippen LogP contribution in [0.25, 0.3) is 10.9 Å². The Balaban J connectivity index is 2.50. The minimum atomic E-state index is -0.203. The Kier molecular flexibility index (Phi) is 6.92. The number of fused-ring (bicyclic) bond motifs is 1. The number of aryl methyl sites for hydroxylation is 1. The third kappa shape index (κ3) is 4.35. The van der Waals surface area contributed by atoms with Gasteiger partial charge in [-0.15, -0.1) is 0 Å². The summed E-state index contributed by atoms with van der Waals surface area (Å²) in [7, 11) is 0. The molecule has 0 aliphatic rings. The summed E-state index contributed by atoms with van der Waals surface area (Å²) in [5.41, 5.74) is 7.10. The summed E-state index contributed by atoms with van der Waals surface area (Å²) in [6.07, 6.45) is 6.02. The average Bonchev–Trinajstić information content (AvgIpc) is 2.60. The topological polar surface area (TPSA) is 66.5 Å². The van der Waals surface area contributed by atoms with Gasteiger partial charge in [-0.05, 0) is 31.5 Å². The van der Waals surface area contributed by atoms with Gasteiger partial charge in [-0.25, -0.2) is 0 Å². The largest absolute Gasteiger partial charge is 0.489 e. The summed E-state index contributed by atoms with van der Waals surface area (Å²) in [5.74, 6) is 0.748. The first kappa shape index (κ1) is 18.9. The quantitative estimate of drug-likeness (QED) is 0.400. The van der Waals surface area contributed by atoms with E-state index >= 15 is 0 Å². The molecule has 2 N–H and O–H groups in total. The third-order valence-corrected chi connectivity index (χ3v) is 4.11. The molecule has 0 aliphatic carbocycles. The molecule has 0 atom stereocenters. The molecule has 136 valence electrons. The van der Waals surface area contributed by atoms with Gasteiger partial charge in [0.15, 0.2) is 5.75 Å². The standard InChI is InChI=1S/C20H28N2O3/c1-4-7-8-9-13-25-18-16-11-10-15(21)14-17(16)22(6-3)20(23)19(18)24-12-5-2/h5,10-11,14H,2,4,6-9,12-13,21H2,1,3H3. The fourth-order valence-corrected chi connectivity index (χ4v) is 2.85. The Bertz CT molecular complexity index is 781. The monoisotopic (exact) mass is 344 g/mol. The molecule has 0 fully saturated rings. The molecule has 25 heavy (non-hydrogen) atoms.